The number of ether oxygens (including phenoxy) is 1. The molecule has 1 aliphatic rings. The minimum absolute atomic E-state index is 0.141. The summed E-state index contributed by atoms with van der Waals surface area (Å²) in [4.78, 5) is 18.7. The summed E-state index contributed by atoms with van der Waals surface area (Å²) in [6.45, 7) is 8.25. The zero-order valence-electron chi connectivity index (χ0n) is 17.0. The molecular weight excluding hydrogens is 340 g/mol. The summed E-state index contributed by atoms with van der Waals surface area (Å²) in [5.74, 6) is 2.55. The van der Waals surface area contributed by atoms with Crippen LogP contribution >= 0.6 is 0 Å². The van der Waals surface area contributed by atoms with Crippen molar-refractivity contribution in [1.29, 1.82) is 0 Å². The number of rotatable bonds is 8. The molecule has 0 atom stereocenters. The SMILES string of the molecule is CCNC(=NCCc1ccccc1OCC)N1CCC(CC(=O)NC)CC1. The topological polar surface area (TPSA) is 66.0 Å². The van der Waals surface area contributed by atoms with Crippen molar-refractivity contribution in [2.45, 2.75) is 39.5 Å². The molecule has 1 amide bonds. The molecule has 6 heteroatoms. The lowest BCUT2D eigenvalue weighted by Crippen LogP contribution is -2.46. The third-order valence-corrected chi connectivity index (χ3v) is 4.92. The van der Waals surface area contributed by atoms with Crippen molar-refractivity contribution in [3.8, 4) is 5.75 Å². The first-order valence-electron chi connectivity index (χ1n) is 10.1. The average Bonchev–Trinajstić information content (AvgIpc) is 2.69. The molecule has 150 valence electrons. The van der Waals surface area contributed by atoms with Gasteiger partial charge in [0.1, 0.15) is 5.75 Å². The fourth-order valence-corrected chi connectivity index (χ4v) is 3.43. The lowest BCUT2D eigenvalue weighted by atomic mass is 9.93. The predicted octanol–water partition coefficient (Wildman–Crippen LogP) is 2.44. The van der Waals surface area contributed by atoms with Gasteiger partial charge in [0.25, 0.3) is 0 Å². The van der Waals surface area contributed by atoms with Crippen LogP contribution in [-0.4, -0.2) is 56.6 Å². The van der Waals surface area contributed by atoms with E-state index in [0.717, 1.165) is 57.2 Å². The molecule has 0 spiro atoms. The number of hydrogen-bond donors (Lipinski definition) is 2. The van der Waals surface area contributed by atoms with Gasteiger partial charge in [0.2, 0.25) is 5.91 Å². The summed E-state index contributed by atoms with van der Waals surface area (Å²) < 4.78 is 5.70. The highest BCUT2D eigenvalue weighted by atomic mass is 16.5. The van der Waals surface area contributed by atoms with E-state index in [1.54, 1.807) is 7.05 Å². The Kier molecular flexibility index (Phi) is 8.95. The number of amides is 1. The first-order valence-corrected chi connectivity index (χ1v) is 10.1. The number of aliphatic imine (C=N–C) groups is 1. The van der Waals surface area contributed by atoms with Crippen LogP contribution in [0.5, 0.6) is 5.75 Å². The van der Waals surface area contributed by atoms with Crippen LogP contribution in [0.3, 0.4) is 0 Å². The average molecular weight is 375 g/mol. The first kappa shape index (κ1) is 21.1. The van der Waals surface area contributed by atoms with Crippen molar-refractivity contribution in [1.82, 2.24) is 15.5 Å². The number of likely N-dealkylation sites (tertiary alicyclic amines) is 1. The summed E-state index contributed by atoms with van der Waals surface area (Å²) in [5.41, 5.74) is 1.20. The van der Waals surface area contributed by atoms with Gasteiger partial charge >= 0.3 is 0 Å². The van der Waals surface area contributed by atoms with E-state index in [1.165, 1.54) is 5.56 Å². The Bertz CT molecular complexity index is 610. The molecule has 1 aromatic carbocycles. The van der Waals surface area contributed by atoms with Crippen LogP contribution in [0.15, 0.2) is 29.3 Å². The maximum atomic E-state index is 11.6. The number of hydrogen-bond acceptors (Lipinski definition) is 3. The molecule has 0 unspecified atom stereocenters. The van der Waals surface area contributed by atoms with Gasteiger partial charge in [-0.15, -0.1) is 0 Å². The third-order valence-electron chi connectivity index (χ3n) is 4.92. The number of guanidine groups is 1. The quantitative estimate of drug-likeness (QED) is 0.542. The number of benzene rings is 1. The van der Waals surface area contributed by atoms with Gasteiger partial charge in [0.15, 0.2) is 5.96 Å². The second-order valence-corrected chi connectivity index (χ2v) is 6.83. The second kappa shape index (κ2) is 11.5. The Labute approximate surface area is 163 Å². The molecule has 1 aromatic rings. The van der Waals surface area contributed by atoms with Crippen LogP contribution in [0.4, 0.5) is 0 Å². The first-order chi connectivity index (χ1) is 13.2. The summed E-state index contributed by atoms with van der Waals surface area (Å²) in [7, 11) is 1.71. The molecule has 27 heavy (non-hydrogen) atoms. The Hall–Kier alpha value is -2.24. The fourth-order valence-electron chi connectivity index (χ4n) is 3.43. The van der Waals surface area contributed by atoms with Crippen molar-refractivity contribution < 1.29 is 9.53 Å². The maximum Gasteiger partial charge on any atom is 0.220 e. The van der Waals surface area contributed by atoms with E-state index in [0.29, 0.717) is 18.9 Å². The van der Waals surface area contributed by atoms with Gasteiger partial charge in [-0.25, -0.2) is 0 Å². The molecule has 1 fully saturated rings. The molecule has 2 rings (SSSR count). The van der Waals surface area contributed by atoms with E-state index in [1.807, 2.05) is 25.1 Å². The van der Waals surface area contributed by atoms with Gasteiger partial charge in [0, 0.05) is 39.6 Å². The van der Waals surface area contributed by atoms with Crippen molar-refractivity contribution >= 4 is 11.9 Å². The lowest BCUT2D eigenvalue weighted by Gasteiger charge is -2.34. The van der Waals surface area contributed by atoms with Crippen molar-refractivity contribution in [2.24, 2.45) is 10.9 Å². The molecule has 2 N–H and O–H groups in total. The van der Waals surface area contributed by atoms with Crippen molar-refractivity contribution in [2.75, 3.05) is 39.8 Å². The summed E-state index contributed by atoms with van der Waals surface area (Å²) >= 11 is 0. The van der Waals surface area contributed by atoms with Crippen LogP contribution in [0.1, 0.15) is 38.7 Å². The standard InChI is InChI=1S/C21H34N4O2/c1-4-23-21(25-14-11-17(12-15-25)16-20(26)22-3)24-13-10-18-8-6-7-9-19(18)27-5-2/h6-9,17H,4-5,10-16H2,1-3H3,(H,22,26)(H,23,24). The van der Waals surface area contributed by atoms with Crippen LogP contribution in [0.25, 0.3) is 0 Å². The van der Waals surface area contributed by atoms with Crippen molar-refractivity contribution in [3.63, 3.8) is 0 Å². The number of piperidine rings is 1. The molecule has 1 saturated heterocycles. The van der Waals surface area contributed by atoms with Gasteiger partial charge in [-0.2, -0.15) is 0 Å². The van der Waals surface area contributed by atoms with Gasteiger partial charge in [-0.05, 0) is 50.7 Å². The molecule has 0 bridgehead atoms. The van der Waals surface area contributed by atoms with Crippen LogP contribution in [0, 0.1) is 5.92 Å². The van der Waals surface area contributed by atoms with E-state index in [-0.39, 0.29) is 5.91 Å². The molecule has 0 aliphatic carbocycles. The normalized spacial score (nSPS) is 15.5. The maximum absolute atomic E-state index is 11.6. The third kappa shape index (κ3) is 6.77. The van der Waals surface area contributed by atoms with Gasteiger partial charge < -0.3 is 20.3 Å². The lowest BCUT2D eigenvalue weighted by molar-refractivity contribution is -0.121. The molecule has 0 aromatic heterocycles. The van der Waals surface area contributed by atoms with Gasteiger partial charge in [-0.1, -0.05) is 18.2 Å². The molecule has 0 radical (unpaired) electrons. The van der Waals surface area contributed by atoms with Crippen LogP contribution in [-0.2, 0) is 11.2 Å². The van der Waals surface area contributed by atoms with E-state index in [4.69, 9.17) is 9.73 Å². The van der Waals surface area contributed by atoms with E-state index >= 15 is 0 Å². The summed E-state index contributed by atoms with van der Waals surface area (Å²) in [5, 5.41) is 6.14. The smallest absolute Gasteiger partial charge is 0.220 e. The Balaban J connectivity index is 1.90. The number of nitrogens with one attached hydrogen (secondary N) is 2. The molecule has 6 nitrogen and oxygen atoms in total. The monoisotopic (exact) mass is 374 g/mol. The highest BCUT2D eigenvalue weighted by Gasteiger charge is 2.23. The predicted molar refractivity (Wildman–Crippen MR) is 110 cm³/mol. The largest absolute Gasteiger partial charge is 0.494 e. The molecular formula is C21H34N4O2. The summed E-state index contributed by atoms with van der Waals surface area (Å²) in [6.07, 6.45) is 3.56. The number of carbonyl (C=O) groups excluding carboxylic acids is 1. The van der Waals surface area contributed by atoms with Gasteiger partial charge in [0.05, 0.1) is 6.61 Å². The second-order valence-electron chi connectivity index (χ2n) is 6.83. The Morgan fingerprint density at radius 2 is 2.00 bits per heavy atom. The fraction of sp³-hybridized carbons (Fsp3) is 0.619. The zero-order chi connectivity index (χ0) is 19.5. The van der Waals surface area contributed by atoms with Crippen molar-refractivity contribution in [3.05, 3.63) is 29.8 Å². The van der Waals surface area contributed by atoms with Crippen LogP contribution < -0.4 is 15.4 Å². The molecule has 1 heterocycles. The van der Waals surface area contributed by atoms with E-state index in [2.05, 4.69) is 28.5 Å². The molecule has 0 saturated carbocycles. The minimum atomic E-state index is 0.141. The Morgan fingerprint density at radius 3 is 2.67 bits per heavy atom. The van der Waals surface area contributed by atoms with E-state index < -0.39 is 0 Å². The molecule has 1 aliphatic heterocycles. The number of carbonyl (C=O) groups is 1. The van der Waals surface area contributed by atoms with Gasteiger partial charge in [-0.3, -0.25) is 9.79 Å². The number of nitrogens with zero attached hydrogens (tertiary/aromatic N) is 2. The minimum Gasteiger partial charge on any atom is -0.494 e. The highest BCUT2D eigenvalue weighted by molar-refractivity contribution is 5.80. The Morgan fingerprint density at radius 1 is 1.26 bits per heavy atom. The van der Waals surface area contributed by atoms with Crippen LogP contribution in [0.2, 0.25) is 0 Å². The summed E-state index contributed by atoms with van der Waals surface area (Å²) in [6, 6.07) is 8.18. The highest BCUT2D eigenvalue weighted by Crippen LogP contribution is 2.21. The number of para-hydroxylation sites is 1. The van der Waals surface area contributed by atoms with E-state index in [9.17, 15) is 4.79 Å². The zero-order valence-corrected chi connectivity index (χ0v) is 17.0.